The van der Waals surface area contributed by atoms with Crippen molar-refractivity contribution in [2.75, 3.05) is 19.6 Å². The molecule has 1 N–H and O–H groups in total. The number of hydrogen-bond donors (Lipinski definition) is 1. The summed E-state index contributed by atoms with van der Waals surface area (Å²) in [6.45, 7) is 5.55. The van der Waals surface area contributed by atoms with Crippen molar-refractivity contribution in [3.63, 3.8) is 0 Å². The molecule has 2 amide bonds. The van der Waals surface area contributed by atoms with Crippen molar-refractivity contribution in [3.8, 4) is 11.4 Å². The fraction of sp³-hybridized carbons (Fsp3) is 0.375. The first kappa shape index (κ1) is 29.7. The van der Waals surface area contributed by atoms with Crippen molar-refractivity contribution in [1.82, 2.24) is 34.5 Å². The largest absolute Gasteiger partial charge is 0.424 e. The molecule has 1 saturated carbocycles. The van der Waals surface area contributed by atoms with Gasteiger partial charge in [-0.05, 0) is 42.5 Å². The number of alkyl halides is 3. The number of hydrogen-bond acceptors (Lipinski definition) is 7. The third-order valence-corrected chi connectivity index (χ3v) is 9.16. The van der Waals surface area contributed by atoms with Crippen LogP contribution < -0.4 is 4.74 Å². The highest BCUT2D eigenvalue weighted by Gasteiger charge is 2.42. The number of aromatic amines is 1. The summed E-state index contributed by atoms with van der Waals surface area (Å²) in [6.07, 6.45) is 2.27. The average molecular weight is 634 g/mol. The molecule has 1 fully saturated rings. The Morgan fingerprint density at radius 2 is 1.93 bits per heavy atom. The van der Waals surface area contributed by atoms with E-state index in [0.29, 0.717) is 48.6 Å². The van der Waals surface area contributed by atoms with Gasteiger partial charge in [-0.1, -0.05) is 19.1 Å². The predicted molar refractivity (Wildman–Crippen MR) is 158 cm³/mol. The number of nitrogens with one attached hydrogen (secondary N) is 1. The molecule has 11 nitrogen and oxygen atoms in total. The molecule has 46 heavy (non-hydrogen) atoms. The second kappa shape index (κ2) is 11.1. The number of imidazole rings is 1. The van der Waals surface area contributed by atoms with Gasteiger partial charge >= 0.3 is 12.1 Å². The SMILES string of the molecule is C=CC(=O)N1CCc2nn(-c3ccc(C4CCC4)cc3OC(C)=O)c3c2[C@H](C1)N(C(=O)c1ncc(C(F)(F)F)c2[nH]cnc12)CC3. The fourth-order valence-electron chi connectivity index (χ4n) is 6.75. The van der Waals surface area contributed by atoms with E-state index in [1.807, 2.05) is 18.2 Å². The van der Waals surface area contributed by atoms with Gasteiger partial charge in [0.15, 0.2) is 11.4 Å². The van der Waals surface area contributed by atoms with Gasteiger partial charge in [-0.3, -0.25) is 14.4 Å². The van der Waals surface area contributed by atoms with E-state index in [-0.39, 0.29) is 35.7 Å². The number of rotatable bonds is 5. The number of halogens is 3. The Morgan fingerprint density at radius 1 is 1.13 bits per heavy atom. The number of aromatic nitrogens is 5. The minimum Gasteiger partial charge on any atom is -0.424 e. The molecule has 0 saturated heterocycles. The van der Waals surface area contributed by atoms with Crippen molar-refractivity contribution in [2.45, 2.75) is 57.2 Å². The van der Waals surface area contributed by atoms with Gasteiger partial charge in [0, 0.05) is 51.2 Å². The standard InChI is InChI=1S/C32H30F3N7O4/c1-3-26(44)40-11-9-21-27-23(42(39-21)22-8-7-19(18-5-4-6-18)13-25(22)46-17(2)43)10-12-41(24(27)15-40)31(45)30-29-28(37-16-38-29)20(14-36-30)32(33,34)35/h3,7-8,13-14,16,18,24H,1,4-6,9-12,15H2,2H3,(H,37,38)/t24-/m0/s1. The number of H-pyrrole nitrogens is 1. The van der Waals surface area contributed by atoms with Crippen LogP contribution in [0.25, 0.3) is 16.7 Å². The Balaban J connectivity index is 1.33. The van der Waals surface area contributed by atoms with Crippen molar-refractivity contribution >= 4 is 28.8 Å². The van der Waals surface area contributed by atoms with Crippen molar-refractivity contribution < 1.29 is 32.3 Å². The lowest BCUT2D eigenvalue weighted by Gasteiger charge is -2.37. The van der Waals surface area contributed by atoms with Crippen LogP contribution in [0.2, 0.25) is 0 Å². The highest BCUT2D eigenvalue weighted by molar-refractivity contribution is 6.04. The maximum atomic E-state index is 14.2. The lowest BCUT2D eigenvalue weighted by atomic mass is 9.80. The summed E-state index contributed by atoms with van der Waals surface area (Å²) in [4.78, 5) is 52.7. The number of nitrogens with zero attached hydrogens (tertiary/aromatic N) is 6. The first-order chi connectivity index (χ1) is 22.0. The Hall–Kier alpha value is -5.01. The quantitative estimate of drug-likeness (QED) is 0.192. The molecule has 5 heterocycles. The first-order valence-electron chi connectivity index (χ1n) is 15.1. The van der Waals surface area contributed by atoms with E-state index in [2.05, 4.69) is 21.5 Å². The summed E-state index contributed by atoms with van der Waals surface area (Å²) >= 11 is 0. The van der Waals surface area contributed by atoms with Crippen LogP contribution in [0.5, 0.6) is 5.75 Å². The zero-order valence-electron chi connectivity index (χ0n) is 24.9. The summed E-state index contributed by atoms with van der Waals surface area (Å²) in [6, 6.07) is 5.13. The van der Waals surface area contributed by atoms with Crippen molar-refractivity contribution in [2.24, 2.45) is 0 Å². The lowest BCUT2D eigenvalue weighted by molar-refractivity contribution is -0.136. The van der Waals surface area contributed by atoms with Gasteiger partial charge in [0.1, 0.15) is 11.2 Å². The molecule has 0 radical (unpaired) electrons. The minimum absolute atomic E-state index is 0.115. The van der Waals surface area contributed by atoms with E-state index in [1.165, 1.54) is 17.9 Å². The minimum atomic E-state index is -4.70. The maximum Gasteiger partial charge on any atom is 0.419 e. The molecule has 0 unspecified atom stereocenters. The second-order valence-electron chi connectivity index (χ2n) is 11.8. The highest BCUT2D eigenvalue weighted by atomic mass is 19.4. The smallest absolute Gasteiger partial charge is 0.419 e. The average Bonchev–Trinajstić information content (AvgIpc) is 3.57. The van der Waals surface area contributed by atoms with Gasteiger partial charge in [-0.25, -0.2) is 14.6 Å². The van der Waals surface area contributed by atoms with E-state index >= 15 is 0 Å². The molecular formula is C32H30F3N7O4. The molecule has 2 aliphatic heterocycles. The summed E-state index contributed by atoms with van der Waals surface area (Å²) in [5, 5.41) is 4.95. The number of amides is 2. The molecule has 7 rings (SSSR count). The fourth-order valence-corrected chi connectivity index (χ4v) is 6.75. The van der Waals surface area contributed by atoms with E-state index in [9.17, 15) is 27.6 Å². The number of carbonyl (C=O) groups excluding carboxylic acids is 3. The van der Waals surface area contributed by atoms with Crippen molar-refractivity contribution in [3.05, 3.63) is 77.2 Å². The molecule has 0 bridgehead atoms. The van der Waals surface area contributed by atoms with Gasteiger partial charge in [0.25, 0.3) is 5.91 Å². The number of ether oxygens (including phenoxy) is 1. The number of benzene rings is 1. The Kier molecular flexibility index (Phi) is 7.17. The molecule has 1 aromatic carbocycles. The molecule has 3 aromatic heterocycles. The van der Waals surface area contributed by atoms with E-state index in [1.54, 1.807) is 9.58 Å². The number of esters is 1. The first-order valence-corrected chi connectivity index (χ1v) is 15.1. The molecule has 1 aliphatic carbocycles. The second-order valence-corrected chi connectivity index (χ2v) is 11.8. The topological polar surface area (TPSA) is 126 Å². The lowest BCUT2D eigenvalue weighted by Crippen LogP contribution is -2.46. The van der Waals surface area contributed by atoms with E-state index in [0.717, 1.165) is 42.4 Å². The molecule has 238 valence electrons. The van der Waals surface area contributed by atoms with Gasteiger partial charge < -0.3 is 19.5 Å². The zero-order valence-corrected chi connectivity index (χ0v) is 24.9. The van der Waals surface area contributed by atoms with Crippen LogP contribution in [0.1, 0.15) is 76.7 Å². The normalized spacial score (nSPS) is 18.1. The maximum absolute atomic E-state index is 14.2. The van der Waals surface area contributed by atoms with E-state index in [4.69, 9.17) is 9.84 Å². The zero-order chi connectivity index (χ0) is 32.3. The molecule has 0 spiro atoms. The van der Waals surface area contributed by atoms with E-state index < -0.39 is 29.7 Å². The molecule has 14 heteroatoms. The summed E-state index contributed by atoms with van der Waals surface area (Å²) in [5.74, 6) is -0.592. The van der Waals surface area contributed by atoms with Gasteiger partial charge in [-0.2, -0.15) is 18.3 Å². The Morgan fingerprint density at radius 3 is 2.63 bits per heavy atom. The summed E-state index contributed by atoms with van der Waals surface area (Å²) in [5.41, 5.74) is 2.13. The Labute approximate surface area is 261 Å². The third kappa shape index (κ3) is 4.92. The molecule has 4 aromatic rings. The molecule has 1 atom stereocenters. The van der Waals surface area contributed by atoms with Gasteiger partial charge in [-0.15, -0.1) is 0 Å². The van der Waals surface area contributed by atoms with Crippen LogP contribution in [-0.2, 0) is 28.6 Å². The monoisotopic (exact) mass is 633 g/mol. The van der Waals surface area contributed by atoms with Crippen LogP contribution in [0.15, 0.2) is 43.4 Å². The summed E-state index contributed by atoms with van der Waals surface area (Å²) in [7, 11) is 0. The van der Waals surface area contributed by atoms with Crippen LogP contribution in [0.4, 0.5) is 13.2 Å². The van der Waals surface area contributed by atoms with Crippen LogP contribution in [-0.4, -0.2) is 72.0 Å². The number of pyridine rings is 1. The predicted octanol–water partition coefficient (Wildman–Crippen LogP) is 4.67. The molecular weight excluding hydrogens is 603 g/mol. The Bertz CT molecular complexity index is 1910. The van der Waals surface area contributed by atoms with Gasteiger partial charge in [0.05, 0.1) is 34.8 Å². The highest BCUT2D eigenvalue weighted by Crippen LogP contribution is 2.42. The van der Waals surface area contributed by atoms with Crippen molar-refractivity contribution in [1.29, 1.82) is 0 Å². The van der Waals surface area contributed by atoms with Crippen LogP contribution in [0.3, 0.4) is 0 Å². The molecule has 3 aliphatic rings. The summed E-state index contributed by atoms with van der Waals surface area (Å²) < 4.78 is 48.5. The van der Waals surface area contributed by atoms with Crippen LogP contribution in [0, 0.1) is 0 Å². The third-order valence-electron chi connectivity index (χ3n) is 9.16. The number of carbonyl (C=O) groups is 3. The number of fused-ring (bicyclic) bond motifs is 1. The van der Waals surface area contributed by atoms with Crippen LogP contribution >= 0.6 is 0 Å². The van der Waals surface area contributed by atoms with Gasteiger partial charge in [0.2, 0.25) is 5.91 Å².